The Labute approximate surface area is 150 Å². The molecule has 1 fully saturated rings. The molecule has 0 spiro atoms. The molecule has 1 N–H and O–H groups in total. The Morgan fingerprint density at radius 1 is 1.23 bits per heavy atom. The lowest BCUT2D eigenvalue weighted by Gasteiger charge is -2.12. The Bertz CT molecular complexity index is 889. The van der Waals surface area contributed by atoms with E-state index in [0.717, 1.165) is 23.2 Å². The summed E-state index contributed by atoms with van der Waals surface area (Å²) in [6, 6.07) is 11.3. The van der Waals surface area contributed by atoms with E-state index in [1.807, 2.05) is 36.4 Å². The normalized spacial score (nSPS) is 16.5. The number of hydrogen-bond donors (Lipinski definition) is 1. The van der Waals surface area contributed by atoms with E-state index in [1.54, 1.807) is 12.4 Å². The van der Waals surface area contributed by atoms with Crippen LogP contribution in [0, 0.1) is 5.92 Å². The average molecular weight is 350 g/mol. The van der Waals surface area contributed by atoms with Gasteiger partial charge in [-0.3, -0.25) is 9.78 Å². The van der Waals surface area contributed by atoms with Crippen LogP contribution in [0.25, 0.3) is 11.4 Å². The number of benzene rings is 1. The summed E-state index contributed by atoms with van der Waals surface area (Å²) in [6.45, 7) is 1.12. The maximum atomic E-state index is 12.4. The molecule has 26 heavy (non-hydrogen) atoms. The molecule has 7 heteroatoms. The molecule has 1 aromatic carbocycles. The van der Waals surface area contributed by atoms with E-state index >= 15 is 0 Å². The van der Waals surface area contributed by atoms with Crippen LogP contribution in [-0.4, -0.2) is 34.2 Å². The zero-order valence-corrected chi connectivity index (χ0v) is 14.1. The number of rotatable bonds is 5. The number of carbonyl (C=O) groups is 1. The molecule has 1 saturated heterocycles. The van der Waals surface area contributed by atoms with Gasteiger partial charge in [-0.1, -0.05) is 23.4 Å². The largest absolute Gasteiger partial charge is 0.381 e. The van der Waals surface area contributed by atoms with Crippen molar-refractivity contribution >= 4 is 11.6 Å². The van der Waals surface area contributed by atoms with Crippen LogP contribution in [0.15, 0.2) is 53.3 Å². The van der Waals surface area contributed by atoms with Crippen LogP contribution in [0.1, 0.15) is 17.9 Å². The summed E-state index contributed by atoms with van der Waals surface area (Å²) in [7, 11) is 0. The predicted octanol–water partition coefficient (Wildman–Crippen LogP) is 2.70. The molecular weight excluding hydrogens is 332 g/mol. The van der Waals surface area contributed by atoms with Crippen LogP contribution in [-0.2, 0) is 16.0 Å². The van der Waals surface area contributed by atoms with E-state index < -0.39 is 0 Å². The van der Waals surface area contributed by atoms with Gasteiger partial charge in [0.25, 0.3) is 0 Å². The molecule has 1 aliphatic rings. The Morgan fingerprint density at radius 2 is 2.15 bits per heavy atom. The van der Waals surface area contributed by atoms with Crippen LogP contribution in [0.4, 0.5) is 5.69 Å². The first kappa shape index (κ1) is 16.4. The minimum Gasteiger partial charge on any atom is -0.381 e. The van der Waals surface area contributed by atoms with Crippen molar-refractivity contribution in [2.24, 2.45) is 5.92 Å². The van der Waals surface area contributed by atoms with Gasteiger partial charge in [0.15, 0.2) is 0 Å². The maximum Gasteiger partial charge on any atom is 0.231 e. The summed E-state index contributed by atoms with van der Waals surface area (Å²) in [5.74, 6) is 0.868. The molecule has 3 aromatic rings. The van der Waals surface area contributed by atoms with Gasteiger partial charge in [-0.2, -0.15) is 4.98 Å². The molecule has 0 radical (unpaired) electrons. The Morgan fingerprint density at radius 3 is 2.96 bits per heavy atom. The lowest BCUT2D eigenvalue weighted by Crippen LogP contribution is -2.23. The van der Waals surface area contributed by atoms with Crippen LogP contribution in [0.3, 0.4) is 0 Å². The lowest BCUT2D eigenvalue weighted by atomic mass is 10.1. The van der Waals surface area contributed by atoms with Gasteiger partial charge in [-0.05, 0) is 30.2 Å². The zero-order valence-electron chi connectivity index (χ0n) is 14.1. The summed E-state index contributed by atoms with van der Waals surface area (Å²) in [5.41, 5.74) is 2.47. The molecule has 1 unspecified atom stereocenters. The summed E-state index contributed by atoms with van der Waals surface area (Å²) in [5, 5.41) is 7.00. The smallest absolute Gasteiger partial charge is 0.231 e. The van der Waals surface area contributed by atoms with Crippen LogP contribution in [0.2, 0.25) is 0 Å². The SMILES string of the molecule is O=C(Nc1ccccc1Cc1nc(-c2cccnc2)no1)C1CCOC1. The summed E-state index contributed by atoms with van der Waals surface area (Å²) in [4.78, 5) is 20.8. The molecule has 0 aliphatic carbocycles. The molecule has 1 atom stereocenters. The summed E-state index contributed by atoms with van der Waals surface area (Å²) < 4.78 is 10.6. The maximum absolute atomic E-state index is 12.4. The highest BCUT2D eigenvalue weighted by atomic mass is 16.5. The lowest BCUT2D eigenvalue weighted by molar-refractivity contribution is -0.119. The van der Waals surface area contributed by atoms with Gasteiger partial charge in [0.2, 0.25) is 17.6 Å². The van der Waals surface area contributed by atoms with Crippen LogP contribution >= 0.6 is 0 Å². The number of carbonyl (C=O) groups excluding carboxylic acids is 1. The third-order valence-electron chi connectivity index (χ3n) is 4.31. The predicted molar refractivity (Wildman–Crippen MR) is 94.3 cm³/mol. The number of amides is 1. The van der Waals surface area contributed by atoms with Gasteiger partial charge >= 0.3 is 0 Å². The van der Waals surface area contributed by atoms with Crippen molar-refractivity contribution in [3.8, 4) is 11.4 Å². The van der Waals surface area contributed by atoms with Gasteiger partial charge in [-0.25, -0.2) is 0 Å². The van der Waals surface area contributed by atoms with Gasteiger partial charge in [0.1, 0.15) is 0 Å². The van der Waals surface area contributed by atoms with Crippen LogP contribution in [0.5, 0.6) is 0 Å². The highest BCUT2D eigenvalue weighted by Crippen LogP contribution is 2.22. The highest BCUT2D eigenvalue weighted by Gasteiger charge is 2.24. The Hall–Kier alpha value is -3.06. The number of nitrogens with zero attached hydrogens (tertiary/aromatic N) is 3. The fraction of sp³-hybridized carbons (Fsp3) is 0.263. The second kappa shape index (κ2) is 7.45. The van der Waals surface area contributed by atoms with Gasteiger partial charge in [0, 0.05) is 30.3 Å². The summed E-state index contributed by atoms with van der Waals surface area (Å²) in [6.07, 6.45) is 4.57. The zero-order chi connectivity index (χ0) is 17.8. The summed E-state index contributed by atoms with van der Waals surface area (Å²) >= 11 is 0. The molecule has 1 amide bonds. The topological polar surface area (TPSA) is 90.1 Å². The molecule has 2 aromatic heterocycles. The van der Waals surface area contributed by atoms with E-state index in [0.29, 0.717) is 31.3 Å². The average Bonchev–Trinajstić information content (AvgIpc) is 3.36. The monoisotopic (exact) mass is 350 g/mol. The van der Waals surface area contributed by atoms with E-state index in [-0.39, 0.29) is 11.8 Å². The Kier molecular flexibility index (Phi) is 4.70. The van der Waals surface area contributed by atoms with Crippen molar-refractivity contribution in [1.29, 1.82) is 0 Å². The van der Waals surface area contributed by atoms with Gasteiger partial charge in [0.05, 0.1) is 18.9 Å². The quantitative estimate of drug-likeness (QED) is 0.761. The number of ether oxygens (including phenoxy) is 1. The number of anilines is 1. The second-order valence-corrected chi connectivity index (χ2v) is 6.14. The first-order chi connectivity index (χ1) is 12.8. The fourth-order valence-electron chi connectivity index (χ4n) is 2.87. The molecule has 4 rings (SSSR count). The van der Waals surface area contributed by atoms with E-state index in [4.69, 9.17) is 9.26 Å². The van der Waals surface area contributed by atoms with Crippen molar-refractivity contribution in [1.82, 2.24) is 15.1 Å². The first-order valence-electron chi connectivity index (χ1n) is 8.49. The second-order valence-electron chi connectivity index (χ2n) is 6.14. The molecule has 132 valence electrons. The number of nitrogens with one attached hydrogen (secondary N) is 1. The van der Waals surface area contributed by atoms with E-state index in [1.165, 1.54) is 0 Å². The minimum atomic E-state index is -0.0938. The number of hydrogen-bond acceptors (Lipinski definition) is 6. The van der Waals surface area contributed by atoms with Crippen LogP contribution < -0.4 is 5.32 Å². The number of pyridine rings is 1. The first-order valence-corrected chi connectivity index (χ1v) is 8.49. The van der Waals surface area contributed by atoms with Crippen molar-refractivity contribution in [3.63, 3.8) is 0 Å². The molecule has 0 bridgehead atoms. The molecule has 7 nitrogen and oxygen atoms in total. The van der Waals surface area contributed by atoms with Gasteiger partial charge in [-0.15, -0.1) is 0 Å². The third-order valence-corrected chi connectivity index (χ3v) is 4.31. The standard InChI is InChI=1S/C19H18N4O3/c24-19(15-7-9-25-12-15)21-16-6-2-1-4-13(16)10-17-22-18(23-26-17)14-5-3-8-20-11-14/h1-6,8,11,15H,7,9-10,12H2,(H,21,24). The Balaban J connectivity index is 1.50. The number of aromatic nitrogens is 3. The molecule has 1 aliphatic heterocycles. The highest BCUT2D eigenvalue weighted by molar-refractivity contribution is 5.93. The van der Waals surface area contributed by atoms with Crippen molar-refractivity contribution in [3.05, 3.63) is 60.2 Å². The van der Waals surface area contributed by atoms with Crippen molar-refractivity contribution < 1.29 is 14.1 Å². The third kappa shape index (κ3) is 3.62. The van der Waals surface area contributed by atoms with E-state index in [9.17, 15) is 4.79 Å². The minimum absolute atomic E-state index is 0.0171. The molecule has 0 saturated carbocycles. The molecular formula is C19H18N4O3. The number of para-hydroxylation sites is 1. The van der Waals surface area contributed by atoms with E-state index in [2.05, 4.69) is 20.4 Å². The fourth-order valence-corrected chi connectivity index (χ4v) is 2.87. The van der Waals surface area contributed by atoms with Crippen molar-refractivity contribution in [2.45, 2.75) is 12.8 Å². The van der Waals surface area contributed by atoms with Gasteiger partial charge < -0.3 is 14.6 Å². The molecule has 3 heterocycles. The van der Waals surface area contributed by atoms with Crippen molar-refractivity contribution in [2.75, 3.05) is 18.5 Å².